The fraction of sp³-hybridized carbons (Fsp3) is 0.571. The first-order chi connectivity index (χ1) is 7.19. The molecule has 0 aliphatic heterocycles. The van der Waals surface area contributed by atoms with Crippen LogP contribution in [0.5, 0.6) is 5.75 Å². The number of aryl methyl sites for hydroxylation is 1. The highest BCUT2D eigenvalue weighted by molar-refractivity contribution is 5.36. The first kappa shape index (κ1) is 12.1. The van der Waals surface area contributed by atoms with Gasteiger partial charge in [-0.3, -0.25) is 0 Å². The number of aromatic hydroxyl groups is 1. The molecule has 1 atom stereocenters. The van der Waals surface area contributed by atoms with E-state index in [-0.39, 0.29) is 0 Å². The van der Waals surface area contributed by atoms with Crippen molar-refractivity contribution in [3.63, 3.8) is 0 Å². The van der Waals surface area contributed by atoms with Crippen molar-refractivity contribution in [2.45, 2.75) is 52.4 Å². The van der Waals surface area contributed by atoms with E-state index in [0.717, 1.165) is 6.42 Å². The van der Waals surface area contributed by atoms with Crippen molar-refractivity contribution >= 4 is 0 Å². The monoisotopic (exact) mass is 206 g/mol. The lowest BCUT2D eigenvalue weighted by molar-refractivity contribution is 0.473. The molecule has 0 amide bonds. The minimum Gasteiger partial charge on any atom is -0.508 e. The molecule has 1 aromatic rings. The lowest BCUT2D eigenvalue weighted by atomic mass is 9.90. The third-order valence-corrected chi connectivity index (χ3v) is 3.03. The first-order valence-corrected chi connectivity index (χ1v) is 6.00. The highest BCUT2D eigenvalue weighted by Crippen LogP contribution is 2.27. The second-order valence-corrected chi connectivity index (χ2v) is 4.28. The highest BCUT2D eigenvalue weighted by atomic mass is 16.3. The molecule has 0 aliphatic carbocycles. The van der Waals surface area contributed by atoms with Crippen LogP contribution in [0.3, 0.4) is 0 Å². The number of phenolic OH excluding ortho intramolecular Hbond substituents is 1. The zero-order valence-electron chi connectivity index (χ0n) is 10.1. The van der Waals surface area contributed by atoms with Gasteiger partial charge in [-0.2, -0.15) is 0 Å². The standard InChI is InChI=1S/C14H22O/c1-4-6-7-11(3)14-9-8-13(15)10-12(14)5-2/h8-11,15H,4-7H2,1-3H3. The Morgan fingerprint density at radius 2 is 2.00 bits per heavy atom. The Morgan fingerprint density at radius 1 is 1.27 bits per heavy atom. The van der Waals surface area contributed by atoms with Crippen molar-refractivity contribution in [2.24, 2.45) is 0 Å². The molecule has 0 aromatic heterocycles. The van der Waals surface area contributed by atoms with E-state index < -0.39 is 0 Å². The van der Waals surface area contributed by atoms with Crippen molar-refractivity contribution < 1.29 is 5.11 Å². The summed E-state index contributed by atoms with van der Waals surface area (Å²) in [5, 5.41) is 9.43. The molecule has 0 spiro atoms. The summed E-state index contributed by atoms with van der Waals surface area (Å²) in [6, 6.07) is 5.78. The molecule has 84 valence electrons. The summed E-state index contributed by atoms with van der Waals surface area (Å²) in [6.45, 7) is 6.65. The third-order valence-electron chi connectivity index (χ3n) is 3.03. The van der Waals surface area contributed by atoms with Gasteiger partial charge in [-0.15, -0.1) is 0 Å². The molecule has 1 heteroatoms. The van der Waals surface area contributed by atoms with Crippen LogP contribution in [0.15, 0.2) is 18.2 Å². The average molecular weight is 206 g/mol. The van der Waals surface area contributed by atoms with Crippen LogP contribution in [-0.4, -0.2) is 5.11 Å². The fourth-order valence-electron chi connectivity index (χ4n) is 2.04. The van der Waals surface area contributed by atoms with E-state index in [4.69, 9.17) is 0 Å². The molecule has 0 saturated carbocycles. The van der Waals surface area contributed by atoms with E-state index in [2.05, 4.69) is 26.8 Å². The molecular weight excluding hydrogens is 184 g/mol. The summed E-state index contributed by atoms with van der Waals surface area (Å²) in [7, 11) is 0. The predicted octanol–water partition coefficient (Wildman–Crippen LogP) is 4.25. The number of phenols is 1. The Balaban J connectivity index is 2.82. The van der Waals surface area contributed by atoms with Crippen LogP contribution in [0, 0.1) is 0 Å². The van der Waals surface area contributed by atoms with Crippen molar-refractivity contribution in [2.75, 3.05) is 0 Å². The molecule has 0 heterocycles. The smallest absolute Gasteiger partial charge is 0.115 e. The molecule has 0 bridgehead atoms. The van der Waals surface area contributed by atoms with E-state index in [1.54, 1.807) is 6.07 Å². The molecule has 0 fully saturated rings. The minimum absolute atomic E-state index is 0.387. The summed E-state index contributed by atoms with van der Waals surface area (Å²) in [5.74, 6) is 0.999. The van der Waals surface area contributed by atoms with Gasteiger partial charge in [0.1, 0.15) is 5.75 Å². The third kappa shape index (κ3) is 3.26. The minimum atomic E-state index is 0.387. The van der Waals surface area contributed by atoms with Gasteiger partial charge in [0, 0.05) is 0 Å². The van der Waals surface area contributed by atoms with E-state index >= 15 is 0 Å². The summed E-state index contributed by atoms with van der Waals surface area (Å²) in [4.78, 5) is 0. The zero-order chi connectivity index (χ0) is 11.3. The number of hydrogen-bond donors (Lipinski definition) is 1. The average Bonchev–Trinajstić information content (AvgIpc) is 2.25. The van der Waals surface area contributed by atoms with Gasteiger partial charge in [-0.05, 0) is 42.0 Å². The van der Waals surface area contributed by atoms with Crippen LogP contribution in [0.25, 0.3) is 0 Å². The molecule has 1 aromatic carbocycles. The summed E-state index contributed by atoms with van der Waals surface area (Å²) >= 11 is 0. The van der Waals surface area contributed by atoms with Gasteiger partial charge in [0.15, 0.2) is 0 Å². The van der Waals surface area contributed by atoms with Crippen LogP contribution in [0.1, 0.15) is 57.1 Å². The van der Waals surface area contributed by atoms with Gasteiger partial charge < -0.3 is 5.11 Å². The summed E-state index contributed by atoms with van der Waals surface area (Å²) < 4.78 is 0. The molecule has 0 saturated heterocycles. The Labute approximate surface area is 93.1 Å². The predicted molar refractivity (Wildman–Crippen MR) is 65.4 cm³/mol. The fourth-order valence-corrected chi connectivity index (χ4v) is 2.04. The maximum absolute atomic E-state index is 9.43. The van der Waals surface area contributed by atoms with E-state index in [1.807, 2.05) is 6.07 Å². The largest absolute Gasteiger partial charge is 0.508 e. The second kappa shape index (κ2) is 5.79. The summed E-state index contributed by atoms with van der Waals surface area (Å²) in [6.07, 6.45) is 4.78. The Bertz CT molecular complexity index is 304. The molecule has 1 unspecified atom stereocenters. The van der Waals surface area contributed by atoms with Crippen LogP contribution in [0.4, 0.5) is 0 Å². The van der Waals surface area contributed by atoms with Crippen LogP contribution in [0.2, 0.25) is 0 Å². The van der Waals surface area contributed by atoms with Gasteiger partial charge in [-0.1, -0.05) is 39.7 Å². The Kier molecular flexibility index (Phi) is 4.67. The van der Waals surface area contributed by atoms with Crippen LogP contribution < -0.4 is 0 Å². The van der Waals surface area contributed by atoms with Crippen molar-refractivity contribution in [1.29, 1.82) is 0 Å². The van der Waals surface area contributed by atoms with Gasteiger partial charge in [0.25, 0.3) is 0 Å². The number of hydrogen-bond acceptors (Lipinski definition) is 1. The lowest BCUT2D eigenvalue weighted by Crippen LogP contribution is -1.98. The van der Waals surface area contributed by atoms with Gasteiger partial charge in [0.2, 0.25) is 0 Å². The normalized spacial score (nSPS) is 12.7. The lowest BCUT2D eigenvalue weighted by Gasteiger charge is -2.15. The van der Waals surface area contributed by atoms with Gasteiger partial charge in [-0.25, -0.2) is 0 Å². The van der Waals surface area contributed by atoms with Crippen molar-refractivity contribution in [3.05, 3.63) is 29.3 Å². The Hall–Kier alpha value is -0.980. The Morgan fingerprint density at radius 3 is 2.60 bits per heavy atom. The molecule has 15 heavy (non-hydrogen) atoms. The van der Waals surface area contributed by atoms with Crippen molar-refractivity contribution in [1.82, 2.24) is 0 Å². The first-order valence-electron chi connectivity index (χ1n) is 6.00. The summed E-state index contributed by atoms with van der Waals surface area (Å²) in [5.41, 5.74) is 2.70. The second-order valence-electron chi connectivity index (χ2n) is 4.28. The molecule has 0 radical (unpaired) electrons. The van der Waals surface area contributed by atoms with Gasteiger partial charge >= 0.3 is 0 Å². The molecular formula is C14H22O. The molecule has 1 nitrogen and oxygen atoms in total. The quantitative estimate of drug-likeness (QED) is 0.763. The van der Waals surface area contributed by atoms with E-state index in [1.165, 1.54) is 30.4 Å². The maximum Gasteiger partial charge on any atom is 0.115 e. The SMILES string of the molecule is CCCCC(C)c1ccc(O)cc1CC. The number of benzene rings is 1. The molecule has 1 N–H and O–H groups in total. The van der Waals surface area contributed by atoms with Gasteiger partial charge in [0.05, 0.1) is 0 Å². The van der Waals surface area contributed by atoms with Crippen LogP contribution >= 0.6 is 0 Å². The molecule has 0 aliphatic rings. The molecule has 1 rings (SSSR count). The topological polar surface area (TPSA) is 20.2 Å². The zero-order valence-corrected chi connectivity index (χ0v) is 10.1. The maximum atomic E-state index is 9.43. The van der Waals surface area contributed by atoms with Crippen LogP contribution in [-0.2, 0) is 6.42 Å². The number of rotatable bonds is 5. The van der Waals surface area contributed by atoms with E-state index in [9.17, 15) is 5.11 Å². The van der Waals surface area contributed by atoms with E-state index in [0.29, 0.717) is 11.7 Å². The highest BCUT2D eigenvalue weighted by Gasteiger charge is 2.09. The number of unbranched alkanes of at least 4 members (excludes halogenated alkanes) is 1. The van der Waals surface area contributed by atoms with Crippen molar-refractivity contribution in [3.8, 4) is 5.75 Å².